The zero-order valence-corrected chi connectivity index (χ0v) is 9.55. The van der Waals surface area contributed by atoms with E-state index >= 15 is 0 Å². The molecular weight excluding hydrogens is 191 g/mol. The summed E-state index contributed by atoms with van der Waals surface area (Å²) in [6, 6.07) is 4.80. The third-order valence-corrected chi connectivity index (χ3v) is 3.31. The molecule has 4 N–H and O–H groups in total. The van der Waals surface area contributed by atoms with E-state index in [0.29, 0.717) is 17.8 Å². The second-order valence-electron chi connectivity index (χ2n) is 4.52. The molecule has 0 radical (unpaired) electrons. The minimum absolute atomic E-state index is 0.267. The Morgan fingerprint density at radius 1 is 1.40 bits per heavy atom. The highest BCUT2D eigenvalue weighted by Crippen LogP contribution is 2.33. The molecule has 1 unspecified atom stereocenters. The summed E-state index contributed by atoms with van der Waals surface area (Å²) < 4.78 is 13.8. The highest BCUT2D eigenvalue weighted by molar-refractivity contribution is 5.42. The van der Waals surface area contributed by atoms with Crippen LogP contribution in [0.25, 0.3) is 0 Å². The fourth-order valence-electron chi connectivity index (χ4n) is 1.65. The van der Waals surface area contributed by atoms with E-state index < -0.39 is 0 Å². The quantitative estimate of drug-likeness (QED) is 0.752. The van der Waals surface area contributed by atoms with Crippen LogP contribution < -0.4 is 11.5 Å². The zero-order valence-electron chi connectivity index (χ0n) is 9.55. The first-order valence-electron chi connectivity index (χ1n) is 5.17. The number of anilines is 1. The largest absolute Gasteiger partial charge is 0.399 e. The van der Waals surface area contributed by atoms with Crippen LogP contribution in [0, 0.1) is 11.7 Å². The van der Waals surface area contributed by atoms with E-state index in [4.69, 9.17) is 11.5 Å². The number of hydrogen-bond donors (Lipinski definition) is 2. The number of nitrogens with two attached hydrogens (primary N) is 2. The van der Waals surface area contributed by atoms with Crippen LogP contribution in [0.5, 0.6) is 0 Å². The Hall–Kier alpha value is -1.09. The molecule has 0 saturated heterocycles. The molecule has 0 bridgehead atoms. The van der Waals surface area contributed by atoms with Gasteiger partial charge in [-0.1, -0.05) is 26.8 Å². The van der Waals surface area contributed by atoms with Crippen molar-refractivity contribution < 1.29 is 4.39 Å². The molecule has 15 heavy (non-hydrogen) atoms. The number of rotatable bonds is 3. The van der Waals surface area contributed by atoms with Crippen LogP contribution in [0.4, 0.5) is 10.1 Å². The van der Waals surface area contributed by atoms with Crippen molar-refractivity contribution in [3.63, 3.8) is 0 Å². The summed E-state index contributed by atoms with van der Waals surface area (Å²) in [5, 5.41) is 0. The molecular formula is C12H19FN2. The van der Waals surface area contributed by atoms with Gasteiger partial charge in [-0.3, -0.25) is 0 Å². The van der Waals surface area contributed by atoms with E-state index in [2.05, 4.69) is 0 Å². The van der Waals surface area contributed by atoms with Gasteiger partial charge in [0.1, 0.15) is 5.82 Å². The van der Waals surface area contributed by atoms with Crippen LogP contribution in [0.1, 0.15) is 26.3 Å². The van der Waals surface area contributed by atoms with Crippen LogP contribution in [-0.4, -0.2) is 6.54 Å². The number of benzene rings is 1. The minimum Gasteiger partial charge on any atom is -0.399 e. The van der Waals surface area contributed by atoms with E-state index in [0.717, 1.165) is 0 Å². The van der Waals surface area contributed by atoms with E-state index in [-0.39, 0.29) is 17.2 Å². The second-order valence-corrected chi connectivity index (χ2v) is 4.52. The van der Waals surface area contributed by atoms with Gasteiger partial charge in [-0.25, -0.2) is 4.39 Å². The SMILES string of the molecule is CC(C)C(C)(CN)c1ccc(N)cc1F. The van der Waals surface area contributed by atoms with Crippen molar-refractivity contribution in [1.29, 1.82) is 0 Å². The molecule has 3 heteroatoms. The summed E-state index contributed by atoms with van der Waals surface area (Å²) in [5.74, 6) is 0.0114. The van der Waals surface area contributed by atoms with Crippen molar-refractivity contribution in [3.05, 3.63) is 29.6 Å². The van der Waals surface area contributed by atoms with Crippen molar-refractivity contribution >= 4 is 5.69 Å². The standard InChI is InChI=1S/C12H19FN2/c1-8(2)12(3,7-14)10-5-4-9(15)6-11(10)13/h4-6,8H,7,14-15H2,1-3H3. The summed E-state index contributed by atoms with van der Waals surface area (Å²) in [6.07, 6.45) is 0. The Kier molecular flexibility index (Phi) is 3.35. The Balaban J connectivity index is 3.24. The summed E-state index contributed by atoms with van der Waals surface area (Å²) >= 11 is 0. The molecule has 84 valence electrons. The van der Waals surface area contributed by atoms with Gasteiger partial charge in [-0.05, 0) is 23.6 Å². The molecule has 0 aliphatic carbocycles. The molecule has 1 aromatic carbocycles. The first-order valence-corrected chi connectivity index (χ1v) is 5.17. The van der Waals surface area contributed by atoms with Crippen molar-refractivity contribution in [2.24, 2.45) is 11.7 Å². The Morgan fingerprint density at radius 3 is 2.40 bits per heavy atom. The molecule has 0 fully saturated rings. The summed E-state index contributed by atoms with van der Waals surface area (Å²) in [5.41, 5.74) is 12.0. The van der Waals surface area contributed by atoms with Gasteiger partial charge in [-0.15, -0.1) is 0 Å². The van der Waals surface area contributed by atoms with Crippen molar-refractivity contribution in [2.75, 3.05) is 12.3 Å². The summed E-state index contributed by atoms with van der Waals surface area (Å²) in [6.45, 7) is 6.49. The van der Waals surface area contributed by atoms with E-state index in [1.807, 2.05) is 20.8 Å². The monoisotopic (exact) mass is 210 g/mol. The Bertz CT molecular complexity index is 349. The van der Waals surface area contributed by atoms with Crippen LogP contribution >= 0.6 is 0 Å². The van der Waals surface area contributed by atoms with E-state index in [1.165, 1.54) is 6.07 Å². The molecule has 2 nitrogen and oxygen atoms in total. The lowest BCUT2D eigenvalue weighted by molar-refractivity contribution is 0.334. The molecule has 0 spiro atoms. The fraction of sp³-hybridized carbons (Fsp3) is 0.500. The smallest absolute Gasteiger partial charge is 0.129 e. The van der Waals surface area contributed by atoms with Gasteiger partial charge in [0, 0.05) is 17.6 Å². The van der Waals surface area contributed by atoms with Gasteiger partial charge in [0.2, 0.25) is 0 Å². The molecule has 0 saturated carbocycles. The topological polar surface area (TPSA) is 52.0 Å². The Morgan fingerprint density at radius 2 is 2.00 bits per heavy atom. The Labute approximate surface area is 90.5 Å². The molecule has 0 aliphatic rings. The average molecular weight is 210 g/mol. The van der Waals surface area contributed by atoms with Gasteiger partial charge in [0.25, 0.3) is 0 Å². The van der Waals surface area contributed by atoms with Crippen molar-refractivity contribution in [2.45, 2.75) is 26.2 Å². The lowest BCUT2D eigenvalue weighted by atomic mass is 9.73. The first kappa shape index (κ1) is 12.0. The molecule has 0 aliphatic heterocycles. The summed E-state index contributed by atoms with van der Waals surface area (Å²) in [4.78, 5) is 0. The lowest BCUT2D eigenvalue weighted by Crippen LogP contribution is -2.37. The maximum absolute atomic E-state index is 13.8. The predicted octanol–water partition coefficient (Wildman–Crippen LogP) is 2.28. The van der Waals surface area contributed by atoms with Gasteiger partial charge >= 0.3 is 0 Å². The molecule has 0 aromatic heterocycles. The van der Waals surface area contributed by atoms with E-state index in [9.17, 15) is 4.39 Å². The van der Waals surface area contributed by atoms with Crippen LogP contribution in [0.2, 0.25) is 0 Å². The normalized spacial score (nSPS) is 15.3. The fourth-order valence-corrected chi connectivity index (χ4v) is 1.65. The van der Waals surface area contributed by atoms with Crippen LogP contribution in [0.15, 0.2) is 18.2 Å². The van der Waals surface area contributed by atoms with Crippen molar-refractivity contribution in [1.82, 2.24) is 0 Å². The summed E-state index contributed by atoms with van der Waals surface area (Å²) in [7, 11) is 0. The van der Waals surface area contributed by atoms with Crippen LogP contribution in [-0.2, 0) is 5.41 Å². The second kappa shape index (κ2) is 4.19. The minimum atomic E-state index is -0.336. The third kappa shape index (κ3) is 2.12. The average Bonchev–Trinajstić information content (AvgIpc) is 2.16. The highest BCUT2D eigenvalue weighted by Gasteiger charge is 2.31. The lowest BCUT2D eigenvalue weighted by Gasteiger charge is -2.33. The zero-order chi connectivity index (χ0) is 11.6. The van der Waals surface area contributed by atoms with Gasteiger partial charge < -0.3 is 11.5 Å². The van der Waals surface area contributed by atoms with Crippen LogP contribution in [0.3, 0.4) is 0 Å². The van der Waals surface area contributed by atoms with Gasteiger partial charge in [0.05, 0.1) is 0 Å². The molecule has 0 heterocycles. The molecule has 1 rings (SSSR count). The van der Waals surface area contributed by atoms with Gasteiger partial charge in [-0.2, -0.15) is 0 Å². The maximum atomic E-state index is 13.8. The van der Waals surface area contributed by atoms with E-state index in [1.54, 1.807) is 12.1 Å². The highest BCUT2D eigenvalue weighted by atomic mass is 19.1. The molecule has 1 atom stereocenters. The van der Waals surface area contributed by atoms with Gasteiger partial charge in [0.15, 0.2) is 0 Å². The number of hydrogen-bond acceptors (Lipinski definition) is 2. The molecule has 1 aromatic rings. The predicted molar refractivity (Wildman–Crippen MR) is 62.1 cm³/mol. The van der Waals surface area contributed by atoms with Crippen molar-refractivity contribution in [3.8, 4) is 0 Å². The first-order chi connectivity index (χ1) is 6.91. The number of halogens is 1. The number of nitrogen functional groups attached to an aromatic ring is 1. The maximum Gasteiger partial charge on any atom is 0.129 e. The molecule has 0 amide bonds. The third-order valence-electron chi connectivity index (χ3n) is 3.31.